The molecule has 8 heteroatoms. The molecule has 1 atom stereocenters. The van der Waals surface area contributed by atoms with Crippen LogP contribution >= 0.6 is 23.2 Å². The van der Waals surface area contributed by atoms with Crippen molar-refractivity contribution in [3.05, 3.63) is 105 Å². The number of rotatable bonds is 8. The molecule has 0 radical (unpaired) electrons. The Bertz CT molecular complexity index is 1480. The zero-order chi connectivity index (χ0) is 27.6. The van der Waals surface area contributed by atoms with E-state index in [9.17, 15) is 4.79 Å². The van der Waals surface area contributed by atoms with Gasteiger partial charge in [-0.05, 0) is 74.2 Å². The lowest BCUT2D eigenvalue weighted by Crippen LogP contribution is -2.19. The maximum absolute atomic E-state index is 15.2. The monoisotopic (exact) mass is 554 g/mol. The average Bonchev–Trinajstić information content (AvgIpc) is 3.30. The standard InChI is InChI=1S/C30H29Cl2FN2O3/c1-17(2)35-28(27(30(36)38-5)34-29(35)22-10-6-7-12-25(22)37-4)23(21-14-13-20(31)15-18(21)3)16-19-9-8-11-24(32)26(19)33/h6-15,17,23H,16H2,1-5H3. The van der Waals surface area contributed by atoms with Crippen molar-refractivity contribution in [1.29, 1.82) is 0 Å². The minimum atomic E-state index is -0.585. The fraction of sp³-hybridized carbons (Fsp3) is 0.267. The quantitative estimate of drug-likeness (QED) is 0.207. The molecule has 1 unspecified atom stereocenters. The number of carbonyl (C=O) groups is 1. The van der Waals surface area contributed by atoms with Gasteiger partial charge in [0.25, 0.3) is 0 Å². The number of carbonyl (C=O) groups excluding carboxylic acids is 1. The summed E-state index contributed by atoms with van der Waals surface area (Å²) in [6.45, 7) is 5.96. The number of ether oxygens (including phenoxy) is 2. The lowest BCUT2D eigenvalue weighted by atomic mass is 9.85. The molecule has 0 N–H and O–H groups in total. The van der Waals surface area contributed by atoms with Gasteiger partial charge in [0.15, 0.2) is 5.69 Å². The van der Waals surface area contributed by atoms with Crippen molar-refractivity contribution in [3.8, 4) is 17.1 Å². The van der Waals surface area contributed by atoms with Crippen LogP contribution in [0.25, 0.3) is 11.4 Å². The van der Waals surface area contributed by atoms with Crippen LogP contribution in [-0.2, 0) is 11.2 Å². The summed E-state index contributed by atoms with van der Waals surface area (Å²) >= 11 is 12.4. The van der Waals surface area contributed by atoms with Crippen molar-refractivity contribution in [3.63, 3.8) is 0 Å². The lowest BCUT2D eigenvalue weighted by molar-refractivity contribution is 0.0592. The second-order valence-corrected chi connectivity index (χ2v) is 10.1. The van der Waals surface area contributed by atoms with Crippen LogP contribution in [-0.4, -0.2) is 29.7 Å². The van der Waals surface area contributed by atoms with Gasteiger partial charge in [-0.1, -0.05) is 53.5 Å². The van der Waals surface area contributed by atoms with Crippen molar-refractivity contribution in [2.75, 3.05) is 14.2 Å². The van der Waals surface area contributed by atoms with Crippen LogP contribution in [0.2, 0.25) is 10.0 Å². The summed E-state index contributed by atoms with van der Waals surface area (Å²) in [5, 5.41) is 0.619. The van der Waals surface area contributed by atoms with E-state index in [0.717, 1.165) is 16.7 Å². The number of esters is 1. The number of methoxy groups -OCH3 is 2. The summed E-state index contributed by atoms with van der Waals surface area (Å²) in [7, 11) is 2.91. The summed E-state index contributed by atoms with van der Waals surface area (Å²) in [4.78, 5) is 18.0. The first-order valence-corrected chi connectivity index (χ1v) is 13.0. The highest BCUT2D eigenvalue weighted by Crippen LogP contribution is 2.41. The first-order chi connectivity index (χ1) is 18.2. The Morgan fingerprint density at radius 3 is 2.45 bits per heavy atom. The Hall–Kier alpha value is -3.35. The van der Waals surface area contributed by atoms with Gasteiger partial charge >= 0.3 is 5.97 Å². The predicted octanol–water partition coefficient (Wildman–Crippen LogP) is 8.06. The maximum Gasteiger partial charge on any atom is 0.358 e. The van der Waals surface area contributed by atoms with Crippen molar-refractivity contribution < 1.29 is 18.7 Å². The number of aromatic nitrogens is 2. The zero-order valence-electron chi connectivity index (χ0n) is 21.9. The maximum atomic E-state index is 15.2. The van der Waals surface area contributed by atoms with Crippen LogP contribution in [0.5, 0.6) is 5.75 Å². The molecular formula is C30H29Cl2FN2O3. The van der Waals surface area contributed by atoms with E-state index < -0.39 is 17.7 Å². The van der Waals surface area contributed by atoms with Gasteiger partial charge in [-0.15, -0.1) is 0 Å². The van der Waals surface area contributed by atoms with Gasteiger partial charge in [0.05, 0.1) is 30.5 Å². The Kier molecular flexibility index (Phi) is 8.44. The molecule has 0 spiro atoms. The van der Waals surface area contributed by atoms with Crippen LogP contribution in [0, 0.1) is 12.7 Å². The second-order valence-electron chi connectivity index (χ2n) is 9.30. The third-order valence-corrected chi connectivity index (χ3v) is 7.11. The number of halogens is 3. The minimum Gasteiger partial charge on any atom is -0.496 e. The first kappa shape index (κ1) is 27.7. The topological polar surface area (TPSA) is 53.4 Å². The summed E-state index contributed by atoms with van der Waals surface area (Å²) in [6.07, 6.45) is 0.225. The summed E-state index contributed by atoms with van der Waals surface area (Å²) in [5.41, 5.74) is 3.69. The molecule has 0 aliphatic carbocycles. The third-order valence-electron chi connectivity index (χ3n) is 6.58. The van der Waals surface area contributed by atoms with E-state index in [2.05, 4.69) is 0 Å². The number of hydrogen-bond donors (Lipinski definition) is 0. The molecule has 0 amide bonds. The molecule has 1 heterocycles. The highest BCUT2D eigenvalue weighted by atomic mass is 35.5. The number of benzene rings is 3. The van der Waals surface area contributed by atoms with E-state index in [4.69, 9.17) is 37.7 Å². The van der Waals surface area contributed by atoms with E-state index >= 15 is 4.39 Å². The smallest absolute Gasteiger partial charge is 0.358 e. The third kappa shape index (κ3) is 5.29. The Morgan fingerprint density at radius 2 is 1.79 bits per heavy atom. The summed E-state index contributed by atoms with van der Waals surface area (Å²) < 4.78 is 28.0. The second kappa shape index (κ2) is 11.6. The number of hydrogen-bond acceptors (Lipinski definition) is 4. The fourth-order valence-corrected chi connectivity index (χ4v) is 5.30. The zero-order valence-corrected chi connectivity index (χ0v) is 23.4. The molecule has 0 aliphatic rings. The Labute approximate surface area is 232 Å². The van der Waals surface area contributed by atoms with Gasteiger partial charge in [0, 0.05) is 17.0 Å². The van der Waals surface area contributed by atoms with Gasteiger partial charge in [-0.3, -0.25) is 0 Å². The van der Waals surface area contributed by atoms with Crippen LogP contribution in [0.4, 0.5) is 4.39 Å². The van der Waals surface area contributed by atoms with Crippen molar-refractivity contribution in [2.24, 2.45) is 0 Å². The molecule has 0 saturated carbocycles. The predicted molar refractivity (Wildman–Crippen MR) is 149 cm³/mol. The van der Waals surface area contributed by atoms with E-state index in [0.29, 0.717) is 27.9 Å². The van der Waals surface area contributed by atoms with Crippen LogP contribution in [0.15, 0.2) is 60.7 Å². The minimum absolute atomic E-state index is 0.0364. The largest absolute Gasteiger partial charge is 0.496 e. The number of nitrogens with zero attached hydrogens (tertiary/aromatic N) is 2. The van der Waals surface area contributed by atoms with E-state index in [1.807, 2.05) is 61.7 Å². The highest BCUT2D eigenvalue weighted by molar-refractivity contribution is 6.31. The van der Waals surface area contributed by atoms with E-state index in [1.165, 1.54) is 13.2 Å². The summed E-state index contributed by atoms with van der Waals surface area (Å²) in [5.74, 6) is -0.393. The Morgan fingerprint density at radius 1 is 1.05 bits per heavy atom. The lowest BCUT2D eigenvalue weighted by Gasteiger charge is -2.26. The van der Waals surface area contributed by atoms with Crippen molar-refractivity contribution >= 4 is 29.2 Å². The van der Waals surface area contributed by atoms with Crippen LogP contribution in [0.3, 0.4) is 0 Å². The molecule has 4 rings (SSSR count). The van der Waals surface area contributed by atoms with Crippen LogP contribution < -0.4 is 4.74 Å². The van der Waals surface area contributed by atoms with Crippen LogP contribution in [0.1, 0.15) is 58.7 Å². The number of para-hydroxylation sites is 1. The molecule has 198 valence electrons. The molecule has 0 fully saturated rings. The van der Waals surface area contributed by atoms with Crippen molar-refractivity contribution in [1.82, 2.24) is 9.55 Å². The molecule has 5 nitrogen and oxygen atoms in total. The molecule has 38 heavy (non-hydrogen) atoms. The Balaban J connectivity index is 2.08. The molecule has 3 aromatic carbocycles. The molecular weight excluding hydrogens is 526 g/mol. The average molecular weight is 555 g/mol. The fourth-order valence-electron chi connectivity index (χ4n) is 4.88. The number of imidazole rings is 1. The van der Waals surface area contributed by atoms with Gasteiger partial charge in [0.1, 0.15) is 17.4 Å². The van der Waals surface area contributed by atoms with E-state index in [1.54, 1.807) is 25.3 Å². The highest BCUT2D eigenvalue weighted by Gasteiger charge is 2.33. The SMILES string of the molecule is COC(=O)c1nc(-c2ccccc2OC)n(C(C)C)c1C(Cc1cccc(Cl)c1F)c1ccc(Cl)cc1C. The molecule has 0 aliphatic heterocycles. The molecule has 0 bridgehead atoms. The van der Waals surface area contributed by atoms with Crippen molar-refractivity contribution in [2.45, 2.75) is 39.2 Å². The van der Waals surface area contributed by atoms with Gasteiger partial charge in [0.2, 0.25) is 0 Å². The van der Waals surface area contributed by atoms with Gasteiger partial charge in [-0.2, -0.15) is 0 Å². The molecule has 4 aromatic rings. The first-order valence-electron chi connectivity index (χ1n) is 12.2. The normalized spacial score (nSPS) is 12.0. The van der Waals surface area contributed by atoms with E-state index in [-0.39, 0.29) is 23.2 Å². The van der Waals surface area contributed by atoms with Gasteiger partial charge in [-0.25, -0.2) is 14.2 Å². The summed E-state index contributed by atoms with van der Waals surface area (Å²) in [6, 6.07) is 17.9. The molecule has 1 aromatic heterocycles. The van der Waals surface area contributed by atoms with Gasteiger partial charge < -0.3 is 14.0 Å². The molecule has 0 saturated heterocycles. The number of aryl methyl sites for hydroxylation is 1.